The van der Waals surface area contributed by atoms with E-state index in [1.165, 1.54) is 23.3 Å². The van der Waals surface area contributed by atoms with Crippen molar-refractivity contribution in [2.24, 2.45) is 0 Å². The zero-order valence-electron chi connectivity index (χ0n) is 19.2. The van der Waals surface area contributed by atoms with Crippen molar-refractivity contribution in [3.05, 3.63) is 59.2 Å². The van der Waals surface area contributed by atoms with E-state index < -0.39 is 10.0 Å². The molecule has 1 unspecified atom stereocenters. The summed E-state index contributed by atoms with van der Waals surface area (Å²) in [5.74, 6) is 0.933. The minimum Gasteiger partial charge on any atom is -0.493 e. The van der Waals surface area contributed by atoms with Crippen molar-refractivity contribution in [1.29, 1.82) is 0 Å². The molecule has 8 nitrogen and oxygen atoms in total. The molecule has 2 fully saturated rings. The van der Waals surface area contributed by atoms with Crippen LogP contribution < -0.4 is 9.46 Å². The minimum atomic E-state index is -3.63. The predicted octanol–water partition coefficient (Wildman–Crippen LogP) is 2.04. The molecule has 1 N–H and O–H groups in total. The van der Waals surface area contributed by atoms with Crippen molar-refractivity contribution in [1.82, 2.24) is 14.5 Å². The van der Waals surface area contributed by atoms with Crippen LogP contribution in [0.3, 0.4) is 0 Å². The molecule has 0 aliphatic carbocycles. The summed E-state index contributed by atoms with van der Waals surface area (Å²) in [6.07, 6.45) is 2.73. The topological polar surface area (TPSA) is 88.2 Å². The number of piperazine rings is 1. The molecular weight excluding hydrogens is 454 g/mol. The molecule has 2 aromatic carbocycles. The molecule has 0 radical (unpaired) electrons. The fourth-order valence-corrected chi connectivity index (χ4v) is 5.82. The Morgan fingerprint density at radius 1 is 1.03 bits per heavy atom. The van der Waals surface area contributed by atoms with Crippen LogP contribution in [0.15, 0.2) is 47.4 Å². The molecule has 0 spiro atoms. The molecule has 0 bridgehead atoms. The zero-order chi connectivity index (χ0) is 23.5. The van der Waals surface area contributed by atoms with E-state index in [2.05, 4.69) is 27.8 Å². The van der Waals surface area contributed by atoms with Crippen molar-refractivity contribution >= 4 is 15.9 Å². The van der Waals surface area contributed by atoms with Crippen LogP contribution in [0.4, 0.5) is 0 Å². The van der Waals surface area contributed by atoms with Gasteiger partial charge in [-0.05, 0) is 54.3 Å². The first kappa shape index (κ1) is 23.3. The van der Waals surface area contributed by atoms with Gasteiger partial charge in [-0.3, -0.25) is 9.69 Å². The van der Waals surface area contributed by atoms with Gasteiger partial charge in [0, 0.05) is 57.9 Å². The number of amides is 1. The second-order valence-electron chi connectivity index (χ2n) is 9.12. The van der Waals surface area contributed by atoms with Gasteiger partial charge in [0.15, 0.2) is 0 Å². The summed E-state index contributed by atoms with van der Waals surface area (Å²) in [7, 11) is -3.63. The smallest absolute Gasteiger partial charge is 0.253 e. The van der Waals surface area contributed by atoms with E-state index in [4.69, 9.17) is 9.47 Å². The number of ether oxygens (including phenoxy) is 2. The lowest BCUT2D eigenvalue weighted by molar-refractivity contribution is 0.0628. The Bertz CT molecular complexity index is 1120. The summed E-state index contributed by atoms with van der Waals surface area (Å²) in [6.45, 7) is 5.48. The van der Waals surface area contributed by atoms with Crippen LogP contribution in [0.25, 0.3) is 0 Å². The third kappa shape index (κ3) is 5.27. The second kappa shape index (κ2) is 10.0. The summed E-state index contributed by atoms with van der Waals surface area (Å²) >= 11 is 0. The Morgan fingerprint density at radius 3 is 2.56 bits per heavy atom. The van der Waals surface area contributed by atoms with E-state index >= 15 is 0 Å². The third-order valence-corrected chi connectivity index (χ3v) is 8.20. The highest BCUT2D eigenvalue weighted by Crippen LogP contribution is 2.26. The zero-order valence-corrected chi connectivity index (χ0v) is 20.1. The molecule has 2 saturated heterocycles. The van der Waals surface area contributed by atoms with Crippen LogP contribution in [-0.4, -0.2) is 76.2 Å². The van der Waals surface area contributed by atoms with Gasteiger partial charge in [-0.2, -0.15) is 0 Å². The van der Waals surface area contributed by atoms with Gasteiger partial charge in [0.05, 0.1) is 17.6 Å². The predicted molar refractivity (Wildman–Crippen MR) is 127 cm³/mol. The van der Waals surface area contributed by atoms with Crippen LogP contribution in [-0.2, 0) is 27.7 Å². The van der Waals surface area contributed by atoms with E-state index in [0.29, 0.717) is 25.3 Å². The number of fused-ring (bicyclic) bond motifs is 1. The van der Waals surface area contributed by atoms with E-state index in [1.807, 2.05) is 4.90 Å². The monoisotopic (exact) mass is 485 g/mol. The van der Waals surface area contributed by atoms with Crippen LogP contribution in [0.1, 0.15) is 34.3 Å². The summed E-state index contributed by atoms with van der Waals surface area (Å²) < 4.78 is 38.8. The number of hydrogen-bond acceptors (Lipinski definition) is 6. The highest BCUT2D eigenvalue weighted by atomic mass is 32.2. The average molecular weight is 486 g/mol. The number of carbonyl (C=O) groups excluding carboxylic acids is 1. The molecule has 2 aromatic rings. The molecule has 34 heavy (non-hydrogen) atoms. The van der Waals surface area contributed by atoms with Gasteiger partial charge >= 0.3 is 0 Å². The molecule has 0 aromatic heterocycles. The van der Waals surface area contributed by atoms with Gasteiger partial charge in [-0.15, -0.1) is 0 Å². The Kier molecular flexibility index (Phi) is 6.87. The second-order valence-corrected chi connectivity index (χ2v) is 10.9. The number of benzene rings is 2. The van der Waals surface area contributed by atoms with Gasteiger partial charge < -0.3 is 14.4 Å². The van der Waals surface area contributed by atoms with Gasteiger partial charge in [-0.25, -0.2) is 13.1 Å². The fourth-order valence-electron chi connectivity index (χ4n) is 4.76. The van der Waals surface area contributed by atoms with Gasteiger partial charge in [0.25, 0.3) is 5.91 Å². The van der Waals surface area contributed by atoms with E-state index in [0.717, 1.165) is 51.3 Å². The van der Waals surface area contributed by atoms with Crippen molar-refractivity contribution in [3.8, 4) is 5.75 Å². The highest BCUT2D eigenvalue weighted by Gasteiger charge is 2.24. The maximum absolute atomic E-state index is 13.0. The van der Waals surface area contributed by atoms with Crippen molar-refractivity contribution < 1.29 is 22.7 Å². The van der Waals surface area contributed by atoms with E-state index in [9.17, 15) is 13.2 Å². The van der Waals surface area contributed by atoms with Crippen LogP contribution in [0.2, 0.25) is 0 Å². The normalized spacial score (nSPS) is 20.8. The lowest BCUT2D eigenvalue weighted by Gasteiger charge is -2.35. The molecule has 5 rings (SSSR count). The Balaban J connectivity index is 1.13. The number of carbonyl (C=O) groups is 1. The van der Waals surface area contributed by atoms with Crippen LogP contribution in [0, 0.1) is 0 Å². The van der Waals surface area contributed by atoms with Crippen LogP contribution in [0.5, 0.6) is 5.75 Å². The number of sulfonamides is 1. The SMILES string of the molecule is O=C(c1ccc(S(=O)(=O)NCC2CCCO2)cc1)N1CCN(Cc2ccc3c(c2)CCO3)CC1. The molecule has 9 heteroatoms. The van der Waals surface area contributed by atoms with Gasteiger partial charge in [-0.1, -0.05) is 12.1 Å². The minimum absolute atomic E-state index is 0.0639. The molecule has 0 saturated carbocycles. The van der Waals surface area contributed by atoms with Gasteiger partial charge in [0.2, 0.25) is 10.0 Å². The maximum atomic E-state index is 13.0. The van der Waals surface area contributed by atoms with Crippen molar-refractivity contribution in [3.63, 3.8) is 0 Å². The quantitative estimate of drug-likeness (QED) is 0.646. The summed E-state index contributed by atoms with van der Waals surface area (Å²) in [6, 6.07) is 12.6. The summed E-state index contributed by atoms with van der Waals surface area (Å²) in [5, 5.41) is 0. The number of nitrogens with one attached hydrogen (secondary N) is 1. The van der Waals surface area contributed by atoms with Crippen molar-refractivity contribution in [2.45, 2.75) is 36.8 Å². The molecule has 1 amide bonds. The standard InChI is InChI=1S/C25H31N3O5S/c29-25(20-4-6-23(7-5-20)34(30,31)26-17-22-2-1-14-32-22)28-12-10-27(11-13-28)18-19-3-8-24-21(16-19)9-15-33-24/h3-8,16,22,26H,1-2,9-15,17-18H2. The Morgan fingerprint density at radius 2 is 1.82 bits per heavy atom. The lowest BCUT2D eigenvalue weighted by atomic mass is 10.1. The van der Waals surface area contributed by atoms with E-state index in [1.54, 1.807) is 12.1 Å². The number of rotatable bonds is 7. The fraction of sp³-hybridized carbons (Fsp3) is 0.480. The number of hydrogen-bond donors (Lipinski definition) is 1. The van der Waals surface area contributed by atoms with Gasteiger partial charge in [0.1, 0.15) is 5.75 Å². The Labute approximate surface area is 200 Å². The molecule has 3 aliphatic rings. The first-order valence-corrected chi connectivity index (χ1v) is 13.4. The van der Waals surface area contributed by atoms with E-state index in [-0.39, 0.29) is 23.5 Å². The molecule has 3 heterocycles. The Hall–Kier alpha value is -2.46. The summed E-state index contributed by atoms with van der Waals surface area (Å²) in [4.78, 5) is 17.3. The van der Waals surface area contributed by atoms with Crippen LogP contribution >= 0.6 is 0 Å². The van der Waals surface area contributed by atoms with Crippen molar-refractivity contribution in [2.75, 3.05) is 45.9 Å². The molecular formula is C25H31N3O5S. The summed E-state index contributed by atoms with van der Waals surface area (Å²) in [5.41, 5.74) is 3.05. The highest BCUT2D eigenvalue weighted by molar-refractivity contribution is 7.89. The maximum Gasteiger partial charge on any atom is 0.253 e. The lowest BCUT2D eigenvalue weighted by Crippen LogP contribution is -2.48. The average Bonchev–Trinajstić information content (AvgIpc) is 3.55. The largest absolute Gasteiger partial charge is 0.493 e. The molecule has 1 atom stereocenters. The number of nitrogens with zero attached hydrogens (tertiary/aromatic N) is 2. The first-order chi connectivity index (χ1) is 16.5. The first-order valence-electron chi connectivity index (χ1n) is 12.0. The molecule has 182 valence electrons. The molecule has 3 aliphatic heterocycles. The third-order valence-electron chi connectivity index (χ3n) is 6.76.